The molecule has 1 heterocycles. The predicted molar refractivity (Wildman–Crippen MR) is 128 cm³/mol. The molecular formula is C26H24FN5O4. The van der Waals surface area contributed by atoms with E-state index in [2.05, 4.69) is 20.8 Å². The molecule has 1 aromatic heterocycles. The number of nitrogens with one attached hydrogen (secondary N) is 1. The van der Waals surface area contributed by atoms with Crippen molar-refractivity contribution in [1.82, 2.24) is 25.5 Å². The fraction of sp³-hybridized carbons (Fsp3) is 0.192. The van der Waals surface area contributed by atoms with Crippen LogP contribution in [-0.4, -0.2) is 44.4 Å². The number of hydrogen-bond acceptors (Lipinski definition) is 7. The Hall–Kier alpha value is -4.44. The highest BCUT2D eigenvalue weighted by Crippen LogP contribution is 2.29. The van der Waals surface area contributed by atoms with E-state index in [4.69, 9.17) is 4.74 Å². The summed E-state index contributed by atoms with van der Waals surface area (Å²) in [5.41, 5.74) is 3.36. The van der Waals surface area contributed by atoms with Crippen molar-refractivity contribution in [3.05, 3.63) is 102 Å². The molecule has 0 bridgehead atoms. The Balaban J connectivity index is 1.74. The van der Waals surface area contributed by atoms with Gasteiger partial charge in [0.2, 0.25) is 0 Å². The number of carbonyl (C=O) groups is 2. The van der Waals surface area contributed by atoms with Crippen molar-refractivity contribution >= 4 is 11.9 Å². The van der Waals surface area contributed by atoms with Crippen molar-refractivity contribution in [2.24, 2.45) is 0 Å². The maximum Gasteiger partial charge on any atom is 0.327 e. The molecule has 4 aromatic rings. The molecule has 10 heteroatoms. The largest absolute Gasteiger partial charge is 0.481 e. The molecule has 36 heavy (non-hydrogen) atoms. The molecule has 0 saturated carbocycles. The third kappa shape index (κ3) is 5.97. The fourth-order valence-corrected chi connectivity index (χ4v) is 3.88. The van der Waals surface area contributed by atoms with Gasteiger partial charge in [0.15, 0.2) is 5.82 Å². The van der Waals surface area contributed by atoms with Gasteiger partial charge in [-0.25, -0.2) is 9.07 Å². The number of carboxylic acids is 1. The van der Waals surface area contributed by atoms with Crippen LogP contribution >= 0.6 is 0 Å². The lowest BCUT2D eigenvalue weighted by atomic mass is 9.97. The topological polar surface area (TPSA) is 119 Å². The van der Waals surface area contributed by atoms with Crippen LogP contribution in [0.1, 0.15) is 35.5 Å². The van der Waals surface area contributed by atoms with E-state index in [1.165, 1.54) is 36.1 Å². The van der Waals surface area contributed by atoms with E-state index in [1.807, 2.05) is 54.6 Å². The highest BCUT2D eigenvalue weighted by Gasteiger charge is 2.27. The van der Waals surface area contributed by atoms with Crippen molar-refractivity contribution in [2.75, 3.05) is 7.11 Å². The number of aliphatic carboxylic acids is 1. The molecule has 2 atom stereocenters. The number of aromatic nitrogens is 4. The van der Waals surface area contributed by atoms with E-state index in [0.29, 0.717) is 11.4 Å². The molecular weight excluding hydrogens is 465 g/mol. The van der Waals surface area contributed by atoms with Crippen LogP contribution in [0.5, 0.6) is 0 Å². The van der Waals surface area contributed by atoms with Crippen molar-refractivity contribution < 1.29 is 23.8 Å². The average Bonchev–Trinajstić information content (AvgIpc) is 3.35. The summed E-state index contributed by atoms with van der Waals surface area (Å²) in [6, 6.07) is 21.7. The summed E-state index contributed by atoms with van der Waals surface area (Å²) in [5.74, 6) is -1.71. The highest BCUT2D eigenvalue weighted by atomic mass is 19.1. The van der Waals surface area contributed by atoms with Gasteiger partial charge < -0.3 is 9.84 Å². The Morgan fingerprint density at radius 2 is 1.61 bits per heavy atom. The monoisotopic (exact) mass is 489 g/mol. The van der Waals surface area contributed by atoms with Gasteiger partial charge in [0.25, 0.3) is 0 Å². The number of methoxy groups -OCH3 is 1. The summed E-state index contributed by atoms with van der Waals surface area (Å²) >= 11 is 0. The molecule has 3 aromatic carbocycles. The number of carbonyl (C=O) groups excluding carboxylic acids is 1. The van der Waals surface area contributed by atoms with Crippen molar-refractivity contribution in [3.8, 4) is 11.1 Å². The molecule has 0 spiro atoms. The SMILES string of the molecule is COC(=O)Cn1nnnc1C(NC(CC(=O)O)c1ccc(F)cc1)c1ccc(-c2ccccc2)cc1. The number of ether oxygens (including phenoxy) is 1. The highest BCUT2D eigenvalue weighted by molar-refractivity contribution is 5.69. The molecule has 2 N–H and O–H groups in total. The van der Waals surface area contributed by atoms with E-state index in [9.17, 15) is 19.1 Å². The van der Waals surface area contributed by atoms with Crippen molar-refractivity contribution in [1.29, 1.82) is 0 Å². The quantitative estimate of drug-likeness (QED) is 0.325. The zero-order chi connectivity index (χ0) is 25.5. The van der Waals surface area contributed by atoms with Gasteiger partial charge in [0.05, 0.1) is 19.6 Å². The number of esters is 1. The number of carboxylic acid groups (broad SMARTS) is 1. The number of tetrazole rings is 1. The van der Waals surface area contributed by atoms with E-state index < -0.39 is 29.8 Å². The van der Waals surface area contributed by atoms with Crippen molar-refractivity contribution in [3.63, 3.8) is 0 Å². The van der Waals surface area contributed by atoms with Crippen molar-refractivity contribution in [2.45, 2.75) is 25.0 Å². The van der Waals surface area contributed by atoms with E-state index in [0.717, 1.165) is 16.7 Å². The smallest absolute Gasteiger partial charge is 0.327 e. The van der Waals surface area contributed by atoms with E-state index in [-0.39, 0.29) is 13.0 Å². The second kappa shape index (κ2) is 11.3. The molecule has 0 saturated heterocycles. The lowest BCUT2D eigenvalue weighted by molar-refractivity contribution is -0.141. The van der Waals surface area contributed by atoms with E-state index >= 15 is 0 Å². The lowest BCUT2D eigenvalue weighted by Gasteiger charge is -2.25. The molecule has 0 aliphatic rings. The van der Waals surface area contributed by atoms with Gasteiger partial charge in [-0.3, -0.25) is 14.9 Å². The Morgan fingerprint density at radius 3 is 2.25 bits per heavy atom. The van der Waals surface area contributed by atoms with Gasteiger partial charge >= 0.3 is 11.9 Å². The summed E-state index contributed by atoms with van der Waals surface area (Å²) in [6.07, 6.45) is -0.275. The van der Waals surface area contributed by atoms with Gasteiger partial charge in [-0.2, -0.15) is 0 Å². The predicted octanol–water partition coefficient (Wildman–Crippen LogP) is 3.55. The third-order valence-corrected chi connectivity index (χ3v) is 5.69. The maximum absolute atomic E-state index is 13.5. The van der Waals surface area contributed by atoms with E-state index in [1.54, 1.807) is 0 Å². The van der Waals surface area contributed by atoms with Crippen LogP contribution in [0.25, 0.3) is 11.1 Å². The summed E-state index contributed by atoms with van der Waals surface area (Å²) in [7, 11) is 1.27. The van der Waals surface area contributed by atoms with Gasteiger partial charge in [-0.05, 0) is 44.8 Å². The third-order valence-electron chi connectivity index (χ3n) is 5.69. The molecule has 0 radical (unpaired) electrons. The number of hydrogen-bond donors (Lipinski definition) is 2. The fourth-order valence-electron chi connectivity index (χ4n) is 3.88. The minimum atomic E-state index is -1.04. The Morgan fingerprint density at radius 1 is 0.972 bits per heavy atom. The van der Waals surface area contributed by atoms with Crippen LogP contribution in [0.15, 0.2) is 78.9 Å². The van der Waals surface area contributed by atoms with Crippen LogP contribution < -0.4 is 5.32 Å². The summed E-state index contributed by atoms with van der Waals surface area (Å²) in [6.45, 7) is -0.223. The first-order chi connectivity index (χ1) is 17.4. The average molecular weight is 490 g/mol. The molecule has 0 fully saturated rings. The van der Waals surface area contributed by atoms with Gasteiger partial charge in [0, 0.05) is 6.04 Å². The zero-order valence-corrected chi connectivity index (χ0v) is 19.4. The Labute approximate surface area is 206 Å². The normalized spacial score (nSPS) is 12.6. The second-order valence-corrected chi connectivity index (χ2v) is 8.06. The molecule has 2 unspecified atom stereocenters. The first-order valence-corrected chi connectivity index (χ1v) is 11.2. The zero-order valence-electron chi connectivity index (χ0n) is 19.4. The van der Waals surface area contributed by atoms with Gasteiger partial charge in [0.1, 0.15) is 12.4 Å². The van der Waals surface area contributed by atoms with Crippen LogP contribution in [0.3, 0.4) is 0 Å². The first kappa shape index (κ1) is 24.7. The standard InChI is InChI=1S/C26H24FN5O4/c1-36-24(35)16-32-26(29-30-31-32)25(20-9-7-18(8-10-20)17-5-3-2-4-6-17)28-22(15-23(33)34)19-11-13-21(27)14-12-19/h2-14,22,25,28H,15-16H2,1H3,(H,33,34). The molecule has 4 rings (SSSR count). The molecule has 0 amide bonds. The lowest BCUT2D eigenvalue weighted by Crippen LogP contribution is -2.32. The number of benzene rings is 3. The number of halogens is 1. The minimum absolute atomic E-state index is 0.223. The van der Waals surface area contributed by atoms with Gasteiger partial charge in [-0.1, -0.05) is 66.7 Å². The minimum Gasteiger partial charge on any atom is -0.481 e. The number of nitrogens with zero attached hydrogens (tertiary/aromatic N) is 4. The maximum atomic E-state index is 13.5. The molecule has 9 nitrogen and oxygen atoms in total. The van der Waals surface area contributed by atoms with Crippen LogP contribution in [0.2, 0.25) is 0 Å². The Kier molecular flexibility index (Phi) is 7.76. The summed E-state index contributed by atoms with van der Waals surface area (Å²) in [5, 5.41) is 24.6. The van der Waals surface area contributed by atoms with Crippen LogP contribution in [0.4, 0.5) is 4.39 Å². The van der Waals surface area contributed by atoms with Crippen LogP contribution in [-0.2, 0) is 20.9 Å². The second-order valence-electron chi connectivity index (χ2n) is 8.06. The number of rotatable bonds is 10. The molecule has 0 aliphatic carbocycles. The molecule has 0 aliphatic heterocycles. The summed E-state index contributed by atoms with van der Waals surface area (Å²) in [4.78, 5) is 23.6. The first-order valence-electron chi connectivity index (χ1n) is 11.2. The van der Waals surface area contributed by atoms with Crippen LogP contribution in [0, 0.1) is 5.82 Å². The van der Waals surface area contributed by atoms with Gasteiger partial charge in [-0.15, -0.1) is 5.10 Å². The molecule has 184 valence electrons. The Bertz CT molecular complexity index is 1310. The summed E-state index contributed by atoms with van der Waals surface area (Å²) < 4.78 is 19.6.